The normalized spacial score (nSPS) is 14.5. The molecule has 4 rings (SSSR count). The number of likely N-dealkylation sites (tertiary alicyclic amines) is 1. The highest BCUT2D eigenvalue weighted by molar-refractivity contribution is 7.92. The maximum atomic E-state index is 12.9. The molecule has 0 radical (unpaired) electrons. The molecule has 2 heterocycles. The molecule has 0 saturated carbocycles. The van der Waals surface area contributed by atoms with Gasteiger partial charge in [0.15, 0.2) is 0 Å². The van der Waals surface area contributed by atoms with Crippen LogP contribution in [0.1, 0.15) is 24.8 Å². The first kappa shape index (κ1) is 27.0. The Morgan fingerprint density at radius 1 is 0.944 bits per heavy atom. The van der Waals surface area contributed by atoms with E-state index in [1.807, 2.05) is 24.3 Å². The summed E-state index contributed by atoms with van der Waals surface area (Å²) >= 11 is 18.0. The number of aromatic nitrogens is 1. The van der Waals surface area contributed by atoms with Gasteiger partial charge in [-0.05, 0) is 67.9 Å². The molecule has 1 aliphatic rings. The zero-order valence-corrected chi connectivity index (χ0v) is 22.6. The van der Waals surface area contributed by atoms with Crippen molar-refractivity contribution in [2.75, 3.05) is 30.9 Å². The Labute approximate surface area is 226 Å². The molecule has 1 aromatic heterocycles. The quantitative estimate of drug-likeness (QED) is 0.283. The van der Waals surface area contributed by atoms with Crippen molar-refractivity contribution in [1.82, 2.24) is 15.2 Å². The molecule has 2 N–H and O–H groups in total. The van der Waals surface area contributed by atoms with Crippen LogP contribution in [-0.4, -0.2) is 44.5 Å². The Morgan fingerprint density at radius 3 is 2.42 bits per heavy atom. The summed E-state index contributed by atoms with van der Waals surface area (Å²) in [5.74, 6) is 0.576. The van der Waals surface area contributed by atoms with Crippen molar-refractivity contribution in [3.63, 3.8) is 0 Å². The van der Waals surface area contributed by atoms with Gasteiger partial charge in [0, 0.05) is 25.8 Å². The number of rotatable bonds is 10. The van der Waals surface area contributed by atoms with Crippen LogP contribution in [0.4, 0.5) is 5.69 Å². The molecule has 1 saturated heterocycles. The third-order valence-electron chi connectivity index (χ3n) is 5.78. The molecular weight excluding hydrogens is 543 g/mol. The van der Waals surface area contributed by atoms with Crippen LogP contribution in [0.25, 0.3) is 0 Å². The van der Waals surface area contributed by atoms with E-state index in [-0.39, 0.29) is 31.5 Å². The summed E-state index contributed by atoms with van der Waals surface area (Å²) in [5.41, 5.74) is 1.21. The standard InChI is InChI=1S/C25H27Cl3N4O3S/c26-19-14-24(31-36(33,34)21-8-9-22(27)23(28)15-21)25(30-17-19)35-20-6-4-18(5-7-20)16-29-10-13-32-11-2-1-3-12-32/h4-9,14-15,17,29,31H,1-3,10-13,16H2. The molecule has 7 nitrogen and oxygen atoms in total. The molecule has 2 aromatic carbocycles. The van der Waals surface area contributed by atoms with Crippen LogP contribution in [-0.2, 0) is 16.6 Å². The van der Waals surface area contributed by atoms with Crippen molar-refractivity contribution in [2.24, 2.45) is 0 Å². The van der Waals surface area contributed by atoms with E-state index < -0.39 is 10.0 Å². The molecule has 0 aliphatic carbocycles. The van der Waals surface area contributed by atoms with Gasteiger partial charge >= 0.3 is 0 Å². The van der Waals surface area contributed by atoms with Gasteiger partial charge in [0.05, 0.1) is 20.0 Å². The number of piperidine rings is 1. The summed E-state index contributed by atoms with van der Waals surface area (Å²) < 4.78 is 34.2. The number of halogens is 3. The highest BCUT2D eigenvalue weighted by Gasteiger charge is 2.19. The zero-order chi connectivity index (χ0) is 25.5. The van der Waals surface area contributed by atoms with Gasteiger partial charge in [-0.15, -0.1) is 0 Å². The molecule has 192 valence electrons. The molecule has 3 aromatic rings. The van der Waals surface area contributed by atoms with Crippen molar-refractivity contribution in [3.05, 3.63) is 75.4 Å². The van der Waals surface area contributed by atoms with Crippen molar-refractivity contribution in [3.8, 4) is 11.6 Å². The second-order valence-corrected chi connectivity index (χ2v) is 11.4. The lowest BCUT2D eigenvalue weighted by molar-refractivity contribution is 0.229. The molecule has 0 unspecified atom stereocenters. The smallest absolute Gasteiger partial charge is 0.262 e. The van der Waals surface area contributed by atoms with Crippen molar-refractivity contribution >= 4 is 50.5 Å². The maximum absolute atomic E-state index is 12.9. The monoisotopic (exact) mass is 568 g/mol. The van der Waals surface area contributed by atoms with E-state index in [9.17, 15) is 8.42 Å². The summed E-state index contributed by atoms with van der Waals surface area (Å²) in [7, 11) is -4.00. The van der Waals surface area contributed by atoms with Crippen molar-refractivity contribution in [2.45, 2.75) is 30.7 Å². The number of nitrogens with one attached hydrogen (secondary N) is 2. The minimum atomic E-state index is -4.00. The Morgan fingerprint density at radius 2 is 1.69 bits per heavy atom. The number of pyridine rings is 1. The lowest BCUT2D eigenvalue weighted by Crippen LogP contribution is -2.35. The Hall–Kier alpha value is -2.07. The number of sulfonamides is 1. The largest absolute Gasteiger partial charge is 0.437 e. The van der Waals surface area contributed by atoms with Gasteiger partial charge in [-0.25, -0.2) is 13.4 Å². The summed E-state index contributed by atoms with van der Waals surface area (Å²) in [6.45, 7) is 5.14. The van der Waals surface area contributed by atoms with Crippen LogP contribution in [0.15, 0.2) is 59.6 Å². The summed E-state index contributed by atoms with van der Waals surface area (Å²) in [5, 5.41) is 4.11. The fourth-order valence-electron chi connectivity index (χ4n) is 3.87. The number of ether oxygens (including phenoxy) is 1. The molecule has 1 fully saturated rings. The van der Waals surface area contributed by atoms with Gasteiger partial charge in [-0.2, -0.15) is 0 Å². The minimum absolute atomic E-state index is 0.0556. The average molecular weight is 570 g/mol. The van der Waals surface area contributed by atoms with E-state index in [1.54, 1.807) is 0 Å². The first-order chi connectivity index (χ1) is 17.3. The van der Waals surface area contributed by atoms with Crippen molar-refractivity contribution in [1.29, 1.82) is 0 Å². The number of nitrogens with zero attached hydrogens (tertiary/aromatic N) is 2. The Bertz CT molecular complexity index is 1280. The lowest BCUT2D eigenvalue weighted by Gasteiger charge is -2.26. The first-order valence-electron chi connectivity index (χ1n) is 11.6. The molecule has 0 spiro atoms. The minimum Gasteiger partial charge on any atom is -0.437 e. The second-order valence-electron chi connectivity index (χ2n) is 8.51. The molecule has 36 heavy (non-hydrogen) atoms. The van der Waals surface area contributed by atoms with Gasteiger partial charge in [-0.3, -0.25) is 4.72 Å². The van der Waals surface area contributed by atoms with Crippen molar-refractivity contribution < 1.29 is 13.2 Å². The highest BCUT2D eigenvalue weighted by atomic mass is 35.5. The van der Waals surface area contributed by atoms with Crippen LogP contribution in [0.5, 0.6) is 11.6 Å². The van der Waals surface area contributed by atoms with E-state index in [0.29, 0.717) is 5.75 Å². The van der Waals surface area contributed by atoms with Crippen LogP contribution in [0.3, 0.4) is 0 Å². The molecule has 0 atom stereocenters. The third kappa shape index (κ3) is 7.47. The SMILES string of the molecule is O=S(=O)(Nc1cc(Cl)cnc1Oc1ccc(CNCCN2CCCCC2)cc1)c1ccc(Cl)c(Cl)c1. The third-order valence-corrected chi connectivity index (χ3v) is 8.09. The summed E-state index contributed by atoms with van der Waals surface area (Å²) in [4.78, 5) is 6.61. The fourth-order valence-corrected chi connectivity index (χ4v) is 5.46. The number of benzene rings is 2. The van der Waals surface area contributed by atoms with Crippen LogP contribution < -0.4 is 14.8 Å². The lowest BCUT2D eigenvalue weighted by atomic mass is 10.1. The van der Waals surface area contributed by atoms with Gasteiger partial charge in [-0.1, -0.05) is 53.4 Å². The van der Waals surface area contributed by atoms with Crippen LogP contribution >= 0.6 is 34.8 Å². The molecule has 11 heteroatoms. The number of hydrogen-bond donors (Lipinski definition) is 2. The molecule has 0 amide bonds. The van der Waals surface area contributed by atoms with E-state index in [1.165, 1.54) is 62.8 Å². The second kappa shape index (κ2) is 12.4. The topological polar surface area (TPSA) is 83.6 Å². The van der Waals surface area contributed by atoms with Crippen LogP contribution in [0.2, 0.25) is 15.1 Å². The summed E-state index contributed by atoms with van der Waals surface area (Å²) in [6.07, 6.45) is 5.31. The number of hydrogen-bond acceptors (Lipinski definition) is 6. The van der Waals surface area contributed by atoms with E-state index in [4.69, 9.17) is 39.5 Å². The predicted octanol–water partition coefficient (Wildman–Crippen LogP) is 6.21. The number of anilines is 1. The van der Waals surface area contributed by atoms with E-state index >= 15 is 0 Å². The average Bonchev–Trinajstić information content (AvgIpc) is 2.86. The predicted molar refractivity (Wildman–Crippen MR) is 145 cm³/mol. The van der Waals surface area contributed by atoms with E-state index in [2.05, 4.69) is 19.9 Å². The first-order valence-corrected chi connectivity index (χ1v) is 14.3. The Balaban J connectivity index is 1.38. The Kier molecular flexibility index (Phi) is 9.33. The molecular formula is C25H27Cl3N4O3S. The van der Waals surface area contributed by atoms with Gasteiger partial charge < -0.3 is 15.0 Å². The van der Waals surface area contributed by atoms with Crippen LogP contribution in [0, 0.1) is 0 Å². The molecule has 1 aliphatic heterocycles. The van der Waals surface area contributed by atoms with Gasteiger partial charge in [0.25, 0.3) is 10.0 Å². The van der Waals surface area contributed by atoms with E-state index in [0.717, 1.165) is 25.2 Å². The maximum Gasteiger partial charge on any atom is 0.262 e. The summed E-state index contributed by atoms with van der Waals surface area (Å²) in [6, 6.07) is 13.0. The molecule has 0 bridgehead atoms. The highest BCUT2D eigenvalue weighted by Crippen LogP contribution is 2.32. The zero-order valence-electron chi connectivity index (χ0n) is 19.5. The van der Waals surface area contributed by atoms with Gasteiger partial charge in [0.2, 0.25) is 5.88 Å². The fraction of sp³-hybridized carbons (Fsp3) is 0.320. The van der Waals surface area contributed by atoms with Gasteiger partial charge in [0.1, 0.15) is 11.4 Å².